The van der Waals surface area contributed by atoms with Crippen LogP contribution in [-0.4, -0.2) is 77.3 Å². The fourth-order valence-corrected chi connectivity index (χ4v) is 3.41. The Kier molecular flexibility index (Phi) is 6.83. The van der Waals surface area contributed by atoms with Crippen LogP contribution in [0.4, 0.5) is 0 Å². The highest BCUT2D eigenvalue weighted by atomic mass is 16.7. The number of aliphatic hydroxyl groups is 4. The lowest BCUT2D eigenvalue weighted by molar-refractivity contribution is -0.315. The second-order valence-electron chi connectivity index (χ2n) is 7.49. The van der Waals surface area contributed by atoms with Gasteiger partial charge in [-0.1, -0.05) is 18.2 Å². The largest absolute Gasteiger partial charge is 0.493 e. The van der Waals surface area contributed by atoms with Gasteiger partial charge in [0.15, 0.2) is 17.1 Å². The predicted molar refractivity (Wildman–Crippen MR) is 111 cm³/mol. The molecule has 0 spiro atoms. The monoisotopic (exact) mass is 433 g/mol. The summed E-state index contributed by atoms with van der Waals surface area (Å²) in [6.07, 6.45) is -5.57. The summed E-state index contributed by atoms with van der Waals surface area (Å²) in [5, 5.41) is 42.8. The van der Waals surface area contributed by atoms with Crippen molar-refractivity contribution in [3.8, 4) is 22.6 Å². The van der Waals surface area contributed by atoms with Gasteiger partial charge < -0.3 is 40.0 Å². The summed E-state index contributed by atoms with van der Waals surface area (Å²) in [5.74, 6) is 0.340. The topological polar surface area (TPSA) is 138 Å². The van der Waals surface area contributed by atoms with Crippen molar-refractivity contribution in [3.63, 3.8) is 0 Å². The van der Waals surface area contributed by atoms with Gasteiger partial charge >= 0.3 is 0 Å². The average molecular weight is 433 g/mol. The van der Waals surface area contributed by atoms with E-state index in [9.17, 15) is 25.2 Å². The van der Waals surface area contributed by atoms with E-state index in [-0.39, 0.29) is 11.7 Å². The van der Waals surface area contributed by atoms with Crippen LogP contribution in [0.2, 0.25) is 0 Å². The molecule has 5 N–H and O–H groups in total. The first-order valence-electron chi connectivity index (χ1n) is 9.75. The highest BCUT2D eigenvalue weighted by Gasteiger charge is 2.53. The standard InChI is InChI=1S/C22H27NO8/c1-22(28)19(26)18(25)17(11-24)31-21(22)30-15-8-7-13(10-16(15)29-3)12-5-4-6-14(9-12)20(27)23-2/h4-10,17-19,21,24-26,28H,11H2,1-3H3,(H,23,27). The maximum atomic E-state index is 11.9. The van der Waals surface area contributed by atoms with Crippen LogP contribution in [-0.2, 0) is 4.74 Å². The van der Waals surface area contributed by atoms with Crippen molar-refractivity contribution < 1.29 is 39.4 Å². The number of carbonyl (C=O) groups excluding carboxylic acids is 1. The first-order chi connectivity index (χ1) is 14.7. The Labute approximate surface area is 179 Å². The molecule has 5 atom stereocenters. The molecule has 0 saturated carbocycles. The average Bonchev–Trinajstić information content (AvgIpc) is 2.79. The molecule has 31 heavy (non-hydrogen) atoms. The van der Waals surface area contributed by atoms with E-state index in [2.05, 4.69) is 5.32 Å². The molecule has 0 aliphatic carbocycles. The number of rotatable bonds is 6. The van der Waals surface area contributed by atoms with E-state index in [4.69, 9.17) is 14.2 Å². The molecule has 1 saturated heterocycles. The number of hydrogen-bond donors (Lipinski definition) is 5. The van der Waals surface area contributed by atoms with Crippen LogP contribution in [0, 0.1) is 0 Å². The van der Waals surface area contributed by atoms with Crippen LogP contribution in [0.5, 0.6) is 11.5 Å². The van der Waals surface area contributed by atoms with Crippen molar-refractivity contribution in [2.24, 2.45) is 0 Å². The van der Waals surface area contributed by atoms with Gasteiger partial charge in [0.2, 0.25) is 6.29 Å². The molecule has 3 rings (SSSR count). The summed E-state index contributed by atoms with van der Waals surface area (Å²) in [6, 6.07) is 12.1. The minimum Gasteiger partial charge on any atom is -0.493 e. The number of methoxy groups -OCH3 is 1. The first kappa shape index (κ1) is 23.0. The highest BCUT2D eigenvalue weighted by Crippen LogP contribution is 2.37. The predicted octanol–water partition coefficient (Wildman–Crippen LogP) is 0.291. The van der Waals surface area contributed by atoms with Gasteiger partial charge in [-0.3, -0.25) is 4.79 Å². The lowest BCUT2D eigenvalue weighted by Crippen LogP contribution is -2.66. The molecule has 168 valence electrons. The number of amides is 1. The third-order valence-corrected chi connectivity index (χ3v) is 5.34. The van der Waals surface area contributed by atoms with Crippen LogP contribution in [0.1, 0.15) is 17.3 Å². The summed E-state index contributed by atoms with van der Waals surface area (Å²) in [4.78, 5) is 11.9. The van der Waals surface area contributed by atoms with Crippen molar-refractivity contribution in [2.45, 2.75) is 37.1 Å². The molecule has 1 fully saturated rings. The summed E-state index contributed by atoms with van der Waals surface area (Å²) in [7, 11) is 3.01. The number of nitrogens with one attached hydrogen (secondary N) is 1. The minimum absolute atomic E-state index is 0.204. The van der Waals surface area contributed by atoms with Gasteiger partial charge in [0, 0.05) is 12.6 Å². The third kappa shape index (κ3) is 4.51. The van der Waals surface area contributed by atoms with Gasteiger partial charge in [-0.25, -0.2) is 0 Å². The SMILES string of the molecule is CNC(=O)c1cccc(-c2ccc(OC3OC(CO)C(O)C(O)C3(C)O)c(OC)c2)c1. The number of ether oxygens (including phenoxy) is 3. The first-order valence-corrected chi connectivity index (χ1v) is 9.75. The number of carbonyl (C=O) groups is 1. The maximum Gasteiger partial charge on any atom is 0.251 e. The molecule has 9 nitrogen and oxygen atoms in total. The van der Waals surface area contributed by atoms with Crippen molar-refractivity contribution in [3.05, 3.63) is 48.0 Å². The molecule has 0 radical (unpaired) electrons. The van der Waals surface area contributed by atoms with E-state index >= 15 is 0 Å². The van der Waals surface area contributed by atoms with Crippen LogP contribution in [0.3, 0.4) is 0 Å². The Bertz CT molecular complexity index is 931. The van der Waals surface area contributed by atoms with Crippen molar-refractivity contribution in [1.82, 2.24) is 5.32 Å². The maximum absolute atomic E-state index is 11.9. The normalized spacial score (nSPS) is 28.1. The van der Waals surface area contributed by atoms with Crippen LogP contribution in [0.15, 0.2) is 42.5 Å². The molecular weight excluding hydrogens is 406 g/mol. The quantitative estimate of drug-likeness (QED) is 0.438. The lowest BCUT2D eigenvalue weighted by atomic mass is 9.88. The van der Waals surface area contributed by atoms with Crippen molar-refractivity contribution in [2.75, 3.05) is 20.8 Å². The Morgan fingerprint density at radius 1 is 1.16 bits per heavy atom. The molecular formula is C22H27NO8. The van der Waals surface area contributed by atoms with Crippen LogP contribution >= 0.6 is 0 Å². The highest BCUT2D eigenvalue weighted by molar-refractivity contribution is 5.95. The Morgan fingerprint density at radius 3 is 2.52 bits per heavy atom. The van der Waals surface area contributed by atoms with Crippen molar-refractivity contribution in [1.29, 1.82) is 0 Å². The van der Waals surface area contributed by atoms with Crippen LogP contribution < -0.4 is 14.8 Å². The van der Waals surface area contributed by atoms with Crippen molar-refractivity contribution >= 4 is 5.91 Å². The van der Waals surface area contributed by atoms with E-state index in [0.29, 0.717) is 11.3 Å². The minimum atomic E-state index is -1.95. The van der Waals surface area contributed by atoms with Gasteiger partial charge in [-0.15, -0.1) is 0 Å². The zero-order valence-electron chi connectivity index (χ0n) is 17.5. The molecule has 9 heteroatoms. The molecule has 2 aromatic rings. The fraction of sp³-hybridized carbons (Fsp3) is 0.409. The Hall–Kier alpha value is -2.69. The van der Waals surface area contributed by atoms with Gasteiger partial charge in [0.25, 0.3) is 5.91 Å². The number of aliphatic hydroxyl groups excluding tert-OH is 3. The molecule has 1 aliphatic rings. The lowest BCUT2D eigenvalue weighted by Gasteiger charge is -2.45. The second-order valence-corrected chi connectivity index (χ2v) is 7.49. The number of benzene rings is 2. The Balaban J connectivity index is 1.89. The summed E-state index contributed by atoms with van der Waals surface area (Å²) >= 11 is 0. The van der Waals surface area contributed by atoms with Gasteiger partial charge in [-0.2, -0.15) is 0 Å². The van der Waals surface area contributed by atoms with E-state index in [0.717, 1.165) is 11.1 Å². The summed E-state index contributed by atoms with van der Waals surface area (Å²) in [5.41, 5.74) is 0.102. The smallest absolute Gasteiger partial charge is 0.251 e. The molecule has 1 amide bonds. The van der Waals surface area contributed by atoms with Crippen LogP contribution in [0.25, 0.3) is 11.1 Å². The summed E-state index contributed by atoms with van der Waals surface area (Å²) in [6.45, 7) is 0.705. The molecule has 1 aliphatic heterocycles. The molecule has 0 bridgehead atoms. The number of hydrogen-bond acceptors (Lipinski definition) is 8. The molecule has 2 aromatic carbocycles. The second kappa shape index (κ2) is 9.21. The molecule has 5 unspecified atom stereocenters. The van der Waals surface area contributed by atoms with Gasteiger partial charge in [-0.05, 0) is 42.3 Å². The van der Waals surface area contributed by atoms with E-state index in [1.807, 2.05) is 6.07 Å². The summed E-state index contributed by atoms with van der Waals surface area (Å²) < 4.78 is 16.7. The fourth-order valence-electron chi connectivity index (χ4n) is 3.41. The van der Waals surface area contributed by atoms with Gasteiger partial charge in [0.05, 0.1) is 13.7 Å². The van der Waals surface area contributed by atoms with Gasteiger partial charge in [0.1, 0.15) is 18.3 Å². The zero-order chi connectivity index (χ0) is 22.8. The zero-order valence-corrected chi connectivity index (χ0v) is 17.5. The van der Waals surface area contributed by atoms with E-state index in [1.165, 1.54) is 14.0 Å². The molecule has 0 aromatic heterocycles. The third-order valence-electron chi connectivity index (χ3n) is 5.34. The van der Waals surface area contributed by atoms with E-state index in [1.54, 1.807) is 43.4 Å². The Morgan fingerprint density at radius 2 is 1.87 bits per heavy atom. The molecule has 1 heterocycles. The van der Waals surface area contributed by atoms with E-state index < -0.39 is 36.8 Å².